The number of para-hydroxylation sites is 1. The van der Waals surface area contributed by atoms with Gasteiger partial charge in [0.15, 0.2) is 14.7 Å². The van der Waals surface area contributed by atoms with Crippen LogP contribution in [0.15, 0.2) is 41.0 Å². The zero-order valence-corrected chi connectivity index (χ0v) is 12.6. The fourth-order valence-corrected chi connectivity index (χ4v) is 3.87. The summed E-state index contributed by atoms with van der Waals surface area (Å²) in [6, 6.07) is 9.27. The van der Waals surface area contributed by atoms with E-state index in [1.807, 2.05) is 30.3 Å². The number of carbonyl (C=O) groups excluding carboxylic acids is 1. The number of sulfone groups is 1. The van der Waals surface area contributed by atoms with E-state index >= 15 is 0 Å². The lowest BCUT2D eigenvalue weighted by Crippen LogP contribution is -2.39. The maximum Gasteiger partial charge on any atom is 0.273 e. The molecule has 5 nitrogen and oxygen atoms in total. The number of anilines is 1. The van der Waals surface area contributed by atoms with Gasteiger partial charge in [0.1, 0.15) is 12.4 Å². The minimum Gasteiger partial charge on any atom is -0.496 e. The number of hydrogen-bond acceptors (Lipinski definition) is 4. The highest BCUT2D eigenvalue weighted by Crippen LogP contribution is 2.34. The Morgan fingerprint density at radius 3 is 2.48 bits per heavy atom. The molecule has 0 atom stereocenters. The highest BCUT2D eigenvalue weighted by atomic mass is 32.2. The average Bonchev–Trinajstić information content (AvgIpc) is 3.23. The zero-order valence-electron chi connectivity index (χ0n) is 11.8. The molecule has 6 heteroatoms. The molecular formula is C15H17NO4S. The van der Waals surface area contributed by atoms with E-state index in [0.29, 0.717) is 0 Å². The van der Waals surface area contributed by atoms with Crippen molar-refractivity contribution in [3.8, 4) is 0 Å². The average molecular weight is 307 g/mol. The van der Waals surface area contributed by atoms with Gasteiger partial charge in [-0.3, -0.25) is 4.79 Å². The van der Waals surface area contributed by atoms with Crippen molar-refractivity contribution in [2.75, 3.05) is 17.3 Å². The van der Waals surface area contributed by atoms with E-state index in [1.165, 1.54) is 0 Å². The van der Waals surface area contributed by atoms with Crippen LogP contribution in [0, 0.1) is 0 Å². The Kier molecular flexibility index (Phi) is 3.49. The molecule has 1 aliphatic carbocycles. The lowest BCUT2D eigenvalue weighted by atomic mass is 10.2. The maximum absolute atomic E-state index is 12.8. The van der Waals surface area contributed by atoms with Crippen LogP contribution in [0.1, 0.15) is 19.8 Å². The van der Waals surface area contributed by atoms with Crippen molar-refractivity contribution in [2.45, 2.75) is 25.8 Å². The van der Waals surface area contributed by atoms with Gasteiger partial charge in [0.05, 0.1) is 5.75 Å². The van der Waals surface area contributed by atoms with Gasteiger partial charge in [0, 0.05) is 11.7 Å². The Balaban J connectivity index is 2.03. The first-order chi connectivity index (χ1) is 10.0. The molecule has 1 amide bonds. The molecule has 0 spiro atoms. The zero-order chi connectivity index (χ0) is 15.0. The van der Waals surface area contributed by atoms with Crippen LogP contribution < -0.4 is 4.90 Å². The minimum atomic E-state index is -3.57. The first-order valence-corrected chi connectivity index (χ1v) is 8.61. The molecule has 2 aliphatic rings. The number of amides is 1. The summed E-state index contributed by atoms with van der Waals surface area (Å²) < 4.78 is 29.7. The number of rotatable bonds is 3. The van der Waals surface area contributed by atoms with Crippen molar-refractivity contribution in [1.29, 1.82) is 0 Å². The second-order valence-corrected chi connectivity index (χ2v) is 7.34. The van der Waals surface area contributed by atoms with Crippen LogP contribution in [0.2, 0.25) is 0 Å². The molecule has 0 N–H and O–H groups in total. The van der Waals surface area contributed by atoms with E-state index < -0.39 is 15.7 Å². The van der Waals surface area contributed by atoms with Gasteiger partial charge >= 0.3 is 0 Å². The fraction of sp³-hybridized carbons (Fsp3) is 0.400. The summed E-state index contributed by atoms with van der Waals surface area (Å²) in [5.41, 5.74) is 0.728. The van der Waals surface area contributed by atoms with Crippen molar-refractivity contribution in [2.24, 2.45) is 0 Å². The fourth-order valence-electron chi connectivity index (χ4n) is 2.50. The Bertz CT molecular complexity index is 690. The molecule has 1 aromatic rings. The molecule has 1 fully saturated rings. The van der Waals surface area contributed by atoms with E-state index in [4.69, 9.17) is 4.74 Å². The van der Waals surface area contributed by atoms with Gasteiger partial charge in [-0.25, -0.2) is 8.42 Å². The molecule has 3 rings (SSSR count). The summed E-state index contributed by atoms with van der Waals surface area (Å²) in [6.07, 6.45) is 1.79. The van der Waals surface area contributed by atoms with Crippen LogP contribution in [0.3, 0.4) is 0 Å². The number of hydrogen-bond donors (Lipinski definition) is 0. The summed E-state index contributed by atoms with van der Waals surface area (Å²) in [7, 11) is -3.57. The highest BCUT2D eigenvalue weighted by molar-refractivity contribution is 7.96. The summed E-state index contributed by atoms with van der Waals surface area (Å²) in [6.45, 7) is 1.65. The Hall–Kier alpha value is -1.82. The summed E-state index contributed by atoms with van der Waals surface area (Å²) in [5, 5.41) is 0. The normalized spacial score (nSPS) is 20.8. The summed E-state index contributed by atoms with van der Waals surface area (Å²) in [5.74, 6) is -0.410. The van der Waals surface area contributed by atoms with E-state index in [-0.39, 0.29) is 29.1 Å². The highest BCUT2D eigenvalue weighted by Gasteiger charge is 2.41. The first kappa shape index (κ1) is 14.1. The van der Waals surface area contributed by atoms with Crippen LogP contribution in [0.5, 0.6) is 0 Å². The van der Waals surface area contributed by atoms with E-state index in [2.05, 4.69) is 0 Å². The molecule has 0 bridgehead atoms. The Morgan fingerprint density at radius 2 is 1.90 bits per heavy atom. The van der Waals surface area contributed by atoms with Gasteiger partial charge in [-0.2, -0.15) is 0 Å². The standard InChI is InChI=1S/C15H17NO4S/c1-11-14(21(18,19)10-9-20-11)15(17)16(13-7-8-13)12-5-3-2-4-6-12/h2-6,13H,7-10H2,1H3. The van der Waals surface area contributed by atoms with Crippen molar-refractivity contribution in [1.82, 2.24) is 0 Å². The van der Waals surface area contributed by atoms with Crippen molar-refractivity contribution < 1.29 is 17.9 Å². The Morgan fingerprint density at radius 1 is 1.24 bits per heavy atom. The predicted molar refractivity (Wildman–Crippen MR) is 79.4 cm³/mol. The number of carbonyl (C=O) groups is 1. The molecule has 21 heavy (non-hydrogen) atoms. The SMILES string of the molecule is CC1=C(C(=O)N(c2ccccc2)C2CC2)S(=O)(=O)CCO1. The van der Waals surface area contributed by atoms with E-state index in [9.17, 15) is 13.2 Å². The van der Waals surface area contributed by atoms with E-state index in [0.717, 1.165) is 18.5 Å². The molecule has 112 valence electrons. The topological polar surface area (TPSA) is 63.7 Å². The molecule has 0 unspecified atom stereocenters. The molecular weight excluding hydrogens is 290 g/mol. The quantitative estimate of drug-likeness (QED) is 0.855. The molecule has 1 aliphatic heterocycles. The number of allylic oxidation sites excluding steroid dienone is 1. The van der Waals surface area contributed by atoms with E-state index in [1.54, 1.807) is 11.8 Å². The van der Waals surface area contributed by atoms with Crippen LogP contribution in [-0.4, -0.2) is 32.7 Å². The first-order valence-electron chi connectivity index (χ1n) is 6.96. The third kappa shape index (κ3) is 2.68. The number of benzene rings is 1. The molecule has 0 saturated heterocycles. The second kappa shape index (κ2) is 5.18. The Labute approximate surface area is 124 Å². The van der Waals surface area contributed by atoms with Crippen LogP contribution >= 0.6 is 0 Å². The van der Waals surface area contributed by atoms with Gasteiger partial charge in [0.25, 0.3) is 5.91 Å². The number of ether oxygens (including phenoxy) is 1. The third-order valence-electron chi connectivity index (χ3n) is 3.66. The van der Waals surface area contributed by atoms with Gasteiger partial charge in [-0.15, -0.1) is 0 Å². The minimum absolute atomic E-state index is 0.0809. The van der Waals surface area contributed by atoms with Crippen molar-refractivity contribution >= 4 is 21.4 Å². The molecule has 1 heterocycles. The molecule has 0 aromatic heterocycles. The number of nitrogens with zero attached hydrogens (tertiary/aromatic N) is 1. The molecule has 1 saturated carbocycles. The van der Waals surface area contributed by atoms with Gasteiger partial charge in [-0.05, 0) is 31.9 Å². The van der Waals surface area contributed by atoms with Crippen LogP contribution in [-0.2, 0) is 19.4 Å². The van der Waals surface area contributed by atoms with Gasteiger partial charge in [0.2, 0.25) is 0 Å². The predicted octanol–water partition coefficient (Wildman–Crippen LogP) is 1.86. The molecule has 0 radical (unpaired) electrons. The molecule has 1 aromatic carbocycles. The van der Waals surface area contributed by atoms with Crippen LogP contribution in [0.4, 0.5) is 5.69 Å². The van der Waals surface area contributed by atoms with Crippen LogP contribution in [0.25, 0.3) is 0 Å². The summed E-state index contributed by atoms with van der Waals surface area (Å²) in [4.78, 5) is 14.2. The van der Waals surface area contributed by atoms with Crippen molar-refractivity contribution in [3.63, 3.8) is 0 Å². The smallest absolute Gasteiger partial charge is 0.273 e. The largest absolute Gasteiger partial charge is 0.496 e. The second-order valence-electron chi connectivity index (χ2n) is 5.29. The van der Waals surface area contributed by atoms with Crippen molar-refractivity contribution in [3.05, 3.63) is 41.0 Å². The van der Waals surface area contributed by atoms with Gasteiger partial charge < -0.3 is 9.64 Å². The third-order valence-corrected chi connectivity index (χ3v) is 5.45. The van der Waals surface area contributed by atoms with Gasteiger partial charge in [-0.1, -0.05) is 18.2 Å². The monoisotopic (exact) mass is 307 g/mol. The summed E-state index contributed by atoms with van der Waals surface area (Å²) >= 11 is 0. The lowest BCUT2D eigenvalue weighted by Gasteiger charge is -2.26. The lowest BCUT2D eigenvalue weighted by molar-refractivity contribution is -0.114. The maximum atomic E-state index is 12.8.